The zero-order chi connectivity index (χ0) is 23.9. The predicted molar refractivity (Wildman–Crippen MR) is 129 cm³/mol. The molecule has 2 aromatic carbocycles. The minimum Gasteiger partial charge on any atom is -0.493 e. The van der Waals surface area contributed by atoms with Crippen LogP contribution in [0.1, 0.15) is 55.3 Å². The van der Waals surface area contributed by atoms with Crippen LogP contribution < -0.4 is 14.8 Å². The van der Waals surface area contributed by atoms with Crippen molar-refractivity contribution >= 4 is 11.9 Å². The molecule has 3 amide bonds. The van der Waals surface area contributed by atoms with Crippen molar-refractivity contribution in [1.29, 1.82) is 0 Å². The normalized spacial score (nSPS) is 27.0. The van der Waals surface area contributed by atoms with Crippen molar-refractivity contribution in [3.8, 4) is 11.5 Å². The molecule has 2 heterocycles. The Bertz CT molecular complexity index is 1090. The van der Waals surface area contributed by atoms with Crippen LogP contribution in [0.3, 0.4) is 0 Å². The third kappa shape index (κ3) is 3.63. The zero-order valence-electron chi connectivity index (χ0n) is 20.2. The van der Waals surface area contributed by atoms with Gasteiger partial charge in [0.15, 0.2) is 11.5 Å². The summed E-state index contributed by atoms with van der Waals surface area (Å²) in [4.78, 5) is 30.4. The van der Waals surface area contributed by atoms with E-state index in [2.05, 4.69) is 29.3 Å². The lowest BCUT2D eigenvalue weighted by atomic mass is 9.73. The number of rotatable bonds is 5. The first-order valence-corrected chi connectivity index (χ1v) is 12.2. The van der Waals surface area contributed by atoms with Gasteiger partial charge in [0, 0.05) is 6.54 Å². The van der Waals surface area contributed by atoms with Crippen molar-refractivity contribution in [3.63, 3.8) is 0 Å². The number of amides is 3. The van der Waals surface area contributed by atoms with Gasteiger partial charge in [0.1, 0.15) is 5.54 Å². The Morgan fingerprint density at radius 2 is 1.79 bits per heavy atom. The van der Waals surface area contributed by atoms with E-state index in [1.54, 1.807) is 14.2 Å². The number of urea groups is 1. The maximum atomic E-state index is 13.6. The first kappa shape index (κ1) is 22.7. The van der Waals surface area contributed by atoms with Crippen LogP contribution in [-0.2, 0) is 11.2 Å². The van der Waals surface area contributed by atoms with Crippen LogP contribution >= 0.6 is 0 Å². The number of fused-ring (bicyclic) bond motifs is 1. The third-order valence-electron chi connectivity index (χ3n) is 7.91. The van der Waals surface area contributed by atoms with Crippen LogP contribution in [0, 0.1) is 5.92 Å². The van der Waals surface area contributed by atoms with Crippen molar-refractivity contribution < 1.29 is 19.1 Å². The summed E-state index contributed by atoms with van der Waals surface area (Å²) in [5.41, 5.74) is 2.67. The van der Waals surface area contributed by atoms with Crippen LogP contribution in [-0.4, -0.2) is 54.7 Å². The average molecular weight is 464 g/mol. The molecule has 0 radical (unpaired) electrons. The summed E-state index contributed by atoms with van der Waals surface area (Å²) < 4.78 is 11.1. The summed E-state index contributed by atoms with van der Waals surface area (Å²) >= 11 is 0. The van der Waals surface area contributed by atoms with Gasteiger partial charge < -0.3 is 14.8 Å². The number of hydrogen-bond donors (Lipinski definition) is 1. The lowest BCUT2D eigenvalue weighted by Crippen LogP contribution is -2.54. The maximum Gasteiger partial charge on any atom is 0.326 e. The minimum absolute atomic E-state index is 0.0744. The molecule has 3 atom stereocenters. The van der Waals surface area contributed by atoms with E-state index in [0.717, 1.165) is 49.8 Å². The molecule has 2 aromatic rings. The van der Waals surface area contributed by atoms with Crippen LogP contribution in [0.25, 0.3) is 0 Å². The first-order valence-electron chi connectivity index (χ1n) is 12.2. The zero-order valence-corrected chi connectivity index (χ0v) is 20.2. The number of methoxy groups -OCH3 is 2. The van der Waals surface area contributed by atoms with Crippen molar-refractivity contribution in [2.45, 2.75) is 50.6 Å². The van der Waals surface area contributed by atoms with Crippen LogP contribution in [0.4, 0.5) is 4.79 Å². The Labute approximate surface area is 201 Å². The highest BCUT2D eigenvalue weighted by Crippen LogP contribution is 2.42. The quantitative estimate of drug-likeness (QED) is 0.676. The Morgan fingerprint density at radius 3 is 2.50 bits per heavy atom. The van der Waals surface area contributed by atoms with Gasteiger partial charge in [-0.2, -0.15) is 0 Å². The minimum atomic E-state index is -0.748. The molecule has 3 aliphatic rings. The second-order valence-corrected chi connectivity index (χ2v) is 9.70. The molecule has 34 heavy (non-hydrogen) atoms. The Balaban J connectivity index is 1.50. The number of nitrogens with zero attached hydrogens (tertiary/aromatic N) is 2. The van der Waals surface area contributed by atoms with Gasteiger partial charge in [-0.1, -0.05) is 50.1 Å². The topological polar surface area (TPSA) is 71.1 Å². The Hall–Kier alpha value is -3.06. The number of carbonyl (C=O) groups excluding carboxylic acids is 2. The molecule has 1 saturated heterocycles. The van der Waals surface area contributed by atoms with E-state index in [1.165, 1.54) is 10.5 Å². The highest BCUT2D eigenvalue weighted by atomic mass is 16.5. The number of ether oxygens (including phenoxy) is 2. The Morgan fingerprint density at radius 1 is 1.06 bits per heavy atom. The number of benzene rings is 2. The van der Waals surface area contributed by atoms with Crippen molar-refractivity contribution in [3.05, 3.63) is 59.2 Å². The van der Waals surface area contributed by atoms with Crippen LogP contribution in [0.2, 0.25) is 0 Å². The molecule has 0 bridgehead atoms. The summed E-state index contributed by atoms with van der Waals surface area (Å²) in [6.45, 7) is 3.07. The Kier molecular flexibility index (Phi) is 5.98. The lowest BCUT2D eigenvalue weighted by molar-refractivity contribution is -0.136. The highest BCUT2D eigenvalue weighted by Gasteiger charge is 2.55. The summed E-state index contributed by atoms with van der Waals surface area (Å²) in [5, 5.41) is 3.09. The fourth-order valence-corrected chi connectivity index (χ4v) is 5.98. The van der Waals surface area contributed by atoms with E-state index in [4.69, 9.17) is 9.47 Å². The van der Waals surface area contributed by atoms with E-state index in [0.29, 0.717) is 11.5 Å². The molecule has 1 saturated carbocycles. The molecular weight excluding hydrogens is 430 g/mol. The molecule has 5 rings (SSSR count). The largest absolute Gasteiger partial charge is 0.493 e. The molecule has 1 N–H and O–H groups in total. The standard InChI is InChI=1S/C27H33N3O4/c1-18-9-7-8-13-27(18)25(31)30(26(32)28-27)17-29-14-12-20-15-22(33-2)23(34-3)16-21(20)24(29)19-10-5-4-6-11-19/h4-6,10-11,15-16,18,24H,7-9,12-14,17H2,1-3H3,(H,28,32)/t18-,24-,27+/m0/s1. The second kappa shape index (κ2) is 8.95. The summed E-state index contributed by atoms with van der Waals surface area (Å²) in [7, 11) is 3.29. The lowest BCUT2D eigenvalue weighted by Gasteiger charge is -2.40. The maximum absolute atomic E-state index is 13.6. The fraction of sp³-hybridized carbons (Fsp3) is 0.481. The molecular formula is C27H33N3O4. The van der Waals surface area contributed by atoms with E-state index >= 15 is 0 Å². The van der Waals surface area contributed by atoms with Crippen molar-refractivity contribution in [2.24, 2.45) is 5.92 Å². The van der Waals surface area contributed by atoms with E-state index < -0.39 is 5.54 Å². The SMILES string of the molecule is COc1cc2c(cc1OC)[C@H](c1ccccc1)N(CN1C(=O)N[C@@]3(CCCC[C@@H]3C)C1=O)CC2. The van der Waals surface area contributed by atoms with E-state index in [1.807, 2.05) is 30.3 Å². The molecule has 2 aliphatic heterocycles. The first-order chi connectivity index (χ1) is 16.5. The molecule has 1 aliphatic carbocycles. The molecule has 0 aromatic heterocycles. The smallest absolute Gasteiger partial charge is 0.326 e. The fourth-order valence-electron chi connectivity index (χ4n) is 5.98. The number of carbonyl (C=O) groups is 2. The molecule has 7 heteroatoms. The summed E-state index contributed by atoms with van der Waals surface area (Å²) in [6.07, 6.45) is 4.55. The molecule has 7 nitrogen and oxygen atoms in total. The van der Waals surface area contributed by atoms with Crippen molar-refractivity contribution in [1.82, 2.24) is 15.1 Å². The number of nitrogens with one attached hydrogen (secondary N) is 1. The van der Waals surface area contributed by atoms with Crippen LogP contribution in [0.15, 0.2) is 42.5 Å². The van der Waals surface area contributed by atoms with Crippen molar-refractivity contribution in [2.75, 3.05) is 27.4 Å². The second-order valence-electron chi connectivity index (χ2n) is 9.70. The molecule has 180 valence electrons. The number of hydrogen-bond acceptors (Lipinski definition) is 5. The number of imide groups is 1. The average Bonchev–Trinajstić information content (AvgIpc) is 3.10. The van der Waals surface area contributed by atoms with Gasteiger partial charge in [-0.3, -0.25) is 9.69 Å². The van der Waals surface area contributed by atoms with Gasteiger partial charge in [-0.25, -0.2) is 9.69 Å². The van der Waals surface area contributed by atoms with Gasteiger partial charge >= 0.3 is 6.03 Å². The molecule has 1 spiro atoms. The van der Waals surface area contributed by atoms with Crippen LogP contribution in [0.5, 0.6) is 11.5 Å². The summed E-state index contributed by atoms with van der Waals surface area (Å²) in [5.74, 6) is 1.46. The third-order valence-corrected chi connectivity index (χ3v) is 7.91. The molecule has 0 unspecified atom stereocenters. The van der Waals surface area contributed by atoms with E-state index in [-0.39, 0.29) is 30.6 Å². The van der Waals surface area contributed by atoms with Gasteiger partial charge in [0.05, 0.1) is 26.9 Å². The molecule has 2 fully saturated rings. The predicted octanol–water partition coefficient (Wildman–Crippen LogP) is 4.11. The van der Waals surface area contributed by atoms with Gasteiger partial charge in [-0.15, -0.1) is 0 Å². The van der Waals surface area contributed by atoms with E-state index in [9.17, 15) is 9.59 Å². The monoisotopic (exact) mass is 463 g/mol. The van der Waals surface area contributed by atoms with Gasteiger partial charge in [-0.05, 0) is 54.0 Å². The highest BCUT2D eigenvalue weighted by molar-refractivity contribution is 6.07. The summed E-state index contributed by atoms with van der Waals surface area (Å²) in [6, 6.07) is 13.9. The van der Waals surface area contributed by atoms with Gasteiger partial charge in [0.25, 0.3) is 5.91 Å². The van der Waals surface area contributed by atoms with Gasteiger partial charge in [0.2, 0.25) is 0 Å².